The van der Waals surface area contributed by atoms with Crippen molar-refractivity contribution in [1.82, 2.24) is 0 Å². The summed E-state index contributed by atoms with van der Waals surface area (Å²) in [6, 6.07) is 0. The fourth-order valence-electron chi connectivity index (χ4n) is 0.543. The first-order valence-electron chi connectivity index (χ1n) is 3.14. The molecular weight excluding hydrogens is 148 g/mol. The Labute approximate surface area is 66.4 Å². The molecule has 0 spiro atoms. The van der Waals surface area contributed by atoms with Crippen LogP contribution in [0.25, 0.3) is 0 Å². The fraction of sp³-hybridized carbons (Fsp3) is 0.375. The minimum atomic E-state index is -0.361. The van der Waals surface area contributed by atoms with Crippen LogP contribution in [0.15, 0.2) is 24.3 Å². The molecule has 0 radical (unpaired) electrons. The third-order valence-electron chi connectivity index (χ3n) is 0.940. The van der Waals surface area contributed by atoms with Crippen LogP contribution in [0, 0.1) is 5.92 Å². The maximum Gasteiger partial charge on any atom is 0.218 e. The van der Waals surface area contributed by atoms with Gasteiger partial charge in [0.05, 0.1) is 0 Å². The van der Waals surface area contributed by atoms with Gasteiger partial charge in [-0.15, -0.1) is 0 Å². The third kappa shape index (κ3) is 7.44. The van der Waals surface area contributed by atoms with Crippen LogP contribution in [-0.4, -0.2) is 5.24 Å². The van der Waals surface area contributed by atoms with Crippen molar-refractivity contribution in [3.63, 3.8) is 0 Å². The number of hydrogen-bond donors (Lipinski definition) is 0. The van der Waals surface area contributed by atoms with Gasteiger partial charge in [0.15, 0.2) is 0 Å². The van der Waals surface area contributed by atoms with Gasteiger partial charge in [0.25, 0.3) is 0 Å². The normalized spacial score (nSPS) is 14.7. The highest BCUT2D eigenvalue weighted by Crippen LogP contribution is 2.04. The lowest BCUT2D eigenvalue weighted by Gasteiger charge is -1.84. The van der Waals surface area contributed by atoms with E-state index in [0.29, 0.717) is 5.92 Å². The van der Waals surface area contributed by atoms with Crippen LogP contribution in [0.5, 0.6) is 0 Å². The minimum Gasteiger partial charge on any atom is -0.282 e. The van der Waals surface area contributed by atoms with Crippen LogP contribution in [0.4, 0.5) is 0 Å². The molecule has 0 fully saturated rings. The van der Waals surface area contributed by atoms with Crippen molar-refractivity contribution < 1.29 is 4.79 Å². The summed E-state index contributed by atoms with van der Waals surface area (Å²) in [7, 11) is 0. The van der Waals surface area contributed by atoms with Crippen molar-refractivity contribution in [1.29, 1.82) is 0 Å². The smallest absolute Gasteiger partial charge is 0.218 e. The van der Waals surface area contributed by atoms with Crippen molar-refractivity contribution >= 4 is 16.8 Å². The molecular formula is C8H11ClO. The van der Waals surface area contributed by atoms with Crippen LogP contribution in [0.3, 0.4) is 0 Å². The zero-order chi connectivity index (χ0) is 7.98. The molecule has 1 rings (SSSR count). The van der Waals surface area contributed by atoms with Crippen LogP contribution in [0.2, 0.25) is 0 Å². The Balaban J connectivity index is 0.000000180. The van der Waals surface area contributed by atoms with Crippen molar-refractivity contribution in [2.24, 2.45) is 5.92 Å². The van der Waals surface area contributed by atoms with E-state index in [1.807, 2.05) is 0 Å². The summed E-state index contributed by atoms with van der Waals surface area (Å²) < 4.78 is 0. The first kappa shape index (κ1) is 9.44. The van der Waals surface area contributed by atoms with E-state index in [1.165, 1.54) is 6.92 Å². The number of carbonyl (C=O) groups is 1. The average Bonchev–Trinajstić information content (AvgIpc) is 2.15. The average molecular weight is 159 g/mol. The van der Waals surface area contributed by atoms with E-state index in [1.54, 1.807) is 0 Å². The summed E-state index contributed by atoms with van der Waals surface area (Å²) in [5.74, 6) is 0.685. The van der Waals surface area contributed by atoms with Gasteiger partial charge in [-0.2, -0.15) is 0 Å². The van der Waals surface area contributed by atoms with Crippen molar-refractivity contribution in [3.8, 4) is 0 Å². The summed E-state index contributed by atoms with van der Waals surface area (Å²) in [6.07, 6.45) is 8.48. The van der Waals surface area contributed by atoms with E-state index in [9.17, 15) is 4.79 Å². The Bertz CT molecular complexity index is 143. The molecule has 1 aliphatic carbocycles. The molecule has 0 aromatic heterocycles. The molecule has 0 aliphatic heterocycles. The standard InChI is InChI=1S/C6H8.C2H3ClO/c1-6-4-2-3-5-6;1-2(3)4/h2-6H,1H3;1H3. The van der Waals surface area contributed by atoms with Gasteiger partial charge in [0.1, 0.15) is 0 Å². The highest BCUT2D eigenvalue weighted by molar-refractivity contribution is 6.62. The topological polar surface area (TPSA) is 17.1 Å². The van der Waals surface area contributed by atoms with E-state index < -0.39 is 0 Å². The quantitative estimate of drug-likeness (QED) is 0.495. The van der Waals surface area contributed by atoms with Crippen molar-refractivity contribution in [3.05, 3.63) is 24.3 Å². The van der Waals surface area contributed by atoms with Crippen molar-refractivity contribution in [2.45, 2.75) is 13.8 Å². The molecule has 0 saturated carbocycles. The van der Waals surface area contributed by atoms with Crippen molar-refractivity contribution in [2.75, 3.05) is 0 Å². The molecule has 0 unspecified atom stereocenters. The van der Waals surface area contributed by atoms with Gasteiger partial charge >= 0.3 is 0 Å². The van der Waals surface area contributed by atoms with Crippen LogP contribution in [0.1, 0.15) is 13.8 Å². The second-order valence-electron chi connectivity index (χ2n) is 2.10. The lowest BCUT2D eigenvalue weighted by Crippen LogP contribution is -1.72. The molecule has 0 atom stereocenters. The number of allylic oxidation sites excluding steroid dienone is 4. The summed E-state index contributed by atoms with van der Waals surface area (Å²) in [6.45, 7) is 3.46. The maximum atomic E-state index is 9.21. The lowest BCUT2D eigenvalue weighted by atomic mass is 10.2. The number of hydrogen-bond acceptors (Lipinski definition) is 1. The number of rotatable bonds is 0. The zero-order valence-corrected chi connectivity index (χ0v) is 6.93. The summed E-state index contributed by atoms with van der Waals surface area (Å²) in [5.41, 5.74) is 0. The zero-order valence-electron chi connectivity index (χ0n) is 6.17. The minimum absolute atomic E-state index is 0.361. The molecule has 0 saturated heterocycles. The Kier molecular flexibility index (Phi) is 4.95. The first-order chi connectivity index (χ1) is 4.63. The van der Waals surface area contributed by atoms with Gasteiger partial charge in [-0.1, -0.05) is 31.2 Å². The fourth-order valence-corrected chi connectivity index (χ4v) is 0.543. The van der Waals surface area contributed by atoms with E-state index >= 15 is 0 Å². The highest BCUT2D eigenvalue weighted by atomic mass is 35.5. The SMILES string of the molecule is CC(=O)Cl.CC1C=CC=C1. The van der Waals surface area contributed by atoms with E-state index in [4.69, 9.17) is 0 Å². The molecule has 10 heavy (non-hydrogen) atoms. The maximum absolute atomic E-state index is 9.21. The predicted octanol–water partition coefficient (Wildman–Crippen LogP) is 2.52. The third-order valence-corrected chi connectivity index (χ3v) is 0.940. The van der Waals surface area contributed by atoms with Gasteiger partial charge in [-0.25, -0.2) is 0 Å². The van der Waals surface area contributed by atoms with Gasteiger partial charge in [0.2, 0.25) is 5.24 Å². The van der Waals surface area contributed by atoms with Crippen LogP contribution >= 0.6 is 11.6 Å². The Morgan fingerprint density at radius 2 is 1.70 bits per heavy atom. The summed E-state index contributed by atoms with van der Waals surface area (Å²) >= 11 is 4.64. The number of halogens is 1. The van der Waals surface area contributed by atoms with Gasteiger partial charge in [-0.05, 0) is 17.5 Å². The Morgan fingerprint density at radius 1 is 1.40 bits per heavy atom. The molecule has 0 aromatic rings. The largest absolute Gasteiger partial charge is 0.282 e. The second kappa shape index (κ2) is 5.24. The molecule has 0 heterocycles. The van der Waals surface area contributed by atoms with Crippen LogP contribution in [-0.2, 0) is 4.79 Å². The molecule has 0 bridgehead atoms. The lowest BCUT2D eigenvalue weighted by molar-refractivity contribution is -0.109. The number of carbonyl (C=O) groups excluding carboxylic acids is 1. The molecule has 0 amide bonds. The van der Waals surface area contributed by atoms with E-state index in [-0.39, 0.29) is 5.24 Å². The molecule has 2 heteroatoms. The second-order valence-corrected chi connectivity index (χ2v) is 2.63. The molecule has 1 nitrogen and oxygen atoms in total. The van der Waals surface area contributed by atoms with E-state index in [2.05, 4.69) is 42.8 Å². The molecule has 1 aliphatic rings. The first-order valence-corrected chi connectivity index (χ1v) is 3.52. The molecule has 56 valence electrons. The summed E-state index contributed by atoms with van der Waals surface area (Å²) in [4.78, 5) is 9.21. The monoisotopic (exact) mass is 158 g/mol. The summed E-state index contributed by atoms with van der Waals surface area (Å²) in [5, 5.41) is -0.361. The Morgan fingerprint density at radius 3 is 1.80 bits per heavy atom. The van der Waals surface area contributed by atoms with E-state index in [0.717, 1.165) is 0 Å². The van der Waals surface area contributed by atoms with Gasteiger partial charge in [0, 0.05) is 6.92 Å². The van der Waals surface area contributed by atoms with Gasteiger partial charge < -0.3 is 0 Å². The Hall–Kier alpha value is -0.560. The van der Waals surface area contributed by atoms with Gasteiger partial charge in [-0.3, -0.25) is 4.79 Å². The predicted molar refractivity (Wildman–Crippen MR) is 44.0 cm³/mol. The molecule has 0 N–H and O–H groups in total. The molecule has 0 aromatic carbocycles. The van der Waals surface area contributed by atoms with Crippen LogP contribution < -0.4 is 0 Å². The highest BCUT2D eigenvalue weighted by Gasteiger charge is 1.89.